The Morgan fingerprint density at radius 1 is 1.05 bits per heavy atom. The summed E-state index contributed by atoms with van der Waals surface area (Å²) in [4.78, 5) is 0. The maximum atomic E-state index is 9.98. The highest BCUT2D eigenvalue weighted by Crippen LogP contribution is 2.23. The molecule has 3 heteroatoms. The molecule has 0 aliphatic carbocycles. The molecule has 0 amide bonds. The third kappa shape index (κ3) is 4.84. The van der Waals surface area contributed by atoms with E-state index < -0.39 is 12.2 Å². The van der Waals surface area contributed by atoms with Crippen LogP contribution < -0.4 is 4.74 Å². The van der Waals surface area contributed by atoms with Crippen molar-refractivity contribution in [3.63, 3.8) is 0 Å². The molecule has 0 radical (unpaired) electrons. The van der Waals surface area contributed by atoms with Crippen molar-refractivity contribution in [1.29, 1.82) is 0 Å². The molecule has 0 aliphatic rings. The molecule has 0 fully saturated rings. The van der Waals surface area contributed by atoms with Crippen LogP contribution in [0.3, 0.4) is 0 Å². The van der Waals surface area contributed by atoms with Gasteiger partial charge < -0.3 is 14.9 Å². The number of hydrogen-bond acceptors (Lipinski definition) is 3. The van der Waals surface area contributed by atoms with Crippen molar-refractivity contribution in [2.75, 3.05) is 6.61 Å². The average Bonchev–Trinajstić information content (AvgIpc) is 2.47. The Balaban J connectivity index is 2.66. The number of rotatable bonds is 8. The summed E-state index contributed by atoms with van der Waals surface area (Å²) in [5.41, 5.74) is 0.705. The Morgan fingerprint density at radius 3 is 2.32 bits per heavy atom. The molecule has 0 heterocycles. The lowest BCUT2D eigenvalue weighted by molar-refractivity contribution is 0.0163. The molecular formula is C16H26O3. The summed E-state index contributed by atoms with van der Waals surface area (Å²) in [5.74, 6) is 1.32. The lowest BCUT2D eigenvalue weighted by atomic mass is 10.0. The largest absolute Gasteiger partial charge is 0.493 e. The predicted octanol–water partition coefficient (Wildman–Crippen LogP) is 3.31. The van der Waals surface area contributed by atoms with Crippen molar-refractivity contribution in [3.8, 4) is 5.75 Å². The molecule has 0 unspecified atom stereocenters. The molecule has 2 atom stereocenters. The first kappa shape index (κ1) is 16.0. The predicted molar refractivity (Wildman–Crippen MR) is 77.3 cm³/mol. The quantitative estimate of drug-likeness (QED) is 0.759. The molecular weight excluding hydrogens is 240 g/mol. The molecule has 1 rings (SSSR count). The van der Waals surface area contributed by atoms with Gasteiger partial charge in [-0.15, -0.1) is 0 Å². The van der Waals surface area contributed by atoms with E-state index in [1.165, 1.54) is 0 Å². The standard InChI is InChI=1S/C16H26O3/c1-4-12(5-2)11-19-14-9-7-8-13(10-14)16(18)15(17)6-3/h7-10,12,15-18H,4-6,11H2,1-3H3/t15-,16+/m1/s1. The summed E-state index contributed by atoms with van der Waals surface area (Å²) >= 11 is 0. The third-order valence-corrected chi connectivity index (χ3v) is 3.62. The van der Waals surface area contributed by atoms with E-state index in [0.29, 0.717) is 24.5 Å². The van der Waals surface area contributed by atoms with Crippen molar-refractivity contribution in [2.45, 2.75) is 52.2 Å². The second-order valence-electron chi connectivity index (χ2n) is 4.99. The number of aliphatic hydroxyl groups excluding tert-OH is 2. The van der Waals surface area contributed by atoms with Gasteiger partial charge in [-0.05, 0) is 30.0 Å². The third-order valence-electron chi connectivity index (χ3n) is 3.62. The maximum absolute atomic E-state index is 9.98. The first-order valence-corrected chi connectivity index (χ1v) is 7.21. The summed E-state index contributed by atoms with van der Waals surface area (Å²) in [7, 11) is 0. The molecule has 0 aromatic heterocycles. The van der Waals surface area contributed by atoms with Crippen LogP contribution >= 0.6 is 0 Å². The number of hydrogen-bond donors (Lipinski definition) is 2. The minimum Gasteiger partial charge on any atom is -0.493 e. The van der Waals surface area contributed by atoms with Gasteiger partial charge in [0.25, 0.3) is 0 Å². The van der Waals surface area contributed by atoms with Crippen LogP contribution in [0.5, 0.6) is 5.75 Å². The normalized spacial score (nSPS) is 14.4. The average molecular weight is 266 g/mol. The van der Waals surface area contributed by atoms with Gasteiger partial charge in [-0.2, -0.15) is 0 Å². The summed E-state index contributed by atoms with van der Waals surface area (Å²) < 4.78 is 5.76. The molecule has 1 aromatic rings. The van der Waals surface area contributed by atoms with Gasteiger partial charge in [0.2, 0.25) is 0 Å². The highest BCUT2D eigenvalue weighted by atomic mass is 16.5. The molecule has 19 heavy (non-hydrogen) atoms. The van der Waals surface area contributed by atoms with Gasteiger partial charge in [0.05, 0.1) is 12.7 Å². The van der Waals surface area contributed by atoms with Crippen molar-refractivity contribution in [1.82, 2.24) is 0 Å². The Morgan fingerprint density at radius 2 is 1.74 bits per heavy atom. The van der Waals surface area contributed by atoms with Gasteiger partial charge in [0.15, 0.2) is 0 Å². The first-order valence-electron chi connectivity index (χ1n) is 7.21. The lowest BCUT2D eigenvalue weighted by Crippen LogP contribution is -2.17. The minimum absolute atomic E-state index is 0.528. The second-order valence-corrected chi connectivity index (χ2v) is 4.99. The van der Waals surface area contributed by atoms with Gasteiger partial charge in [-0.3, -0.25) is 0 Å². The van der Waals surface area contributed by atoms with Crippen molar-refractivity contribution in [3.05, 3.63) is 29.8 Å². The van der Waals surface area contributed by atoms with Crippen LogP contribution in [0.4, 0.5) is 0 Å². The van der Waals surface area contributed by atoms with E-state index in [1.54, 1.807) is 0 Å². The Labute approximate surface area is 116 Å². The van der Waals surface area contributed by atoms with Crippen LogP contribution in [0.15, 0.2) is 24.3 Å². The van der Waals surface area contributed by atoms with Crippen LogP contribution in [0.25, 0.3) is 0 Å². The van der Waals surface area contributed by atoms with Crippen LogP contribution in [0, 0.1) is 5.92 Å². The maximum Gasteiger partial charge on any atom is 0.119 e. The zero-order valence-corrected chi connectivity index (χ0v) is 12.2. The lowest BCUT2D eigenvalue weighted by Gasteiger charge is -2.18. The number of benzene rings is 1. The molecule has 0 saturated carbocycles. The number of aliphatic hydroxyl groups is 2. The van der Waals surface area contributed by atoms with Crippen LogP contribution in [-0.2, 0) is 0 Å². The molecule has 2 N–H and O–H groups in total. The molecule has 0 saturated heterocycles. The van der Waals surface area contributed by atoms with E-state index in [4.69, 9.17) is 4.74 Å². The number of ether oxygens (including phenoxy) is 1. The molecule has 1 aromatic carbocycles. The van der Waals surface area contributed by atoms with Crippen molar-refractivity contribution >= 4 is 0 Å². The van der Waals surface area contributed by atoms with E-state index >= 15 is 0 Å². The summed E-state index contributed by atoms with van der Waals surface area (Å²) in [5, 5.41) is 19.7. The van der Waals surface area contributed by atoms with Gasteiger partial charge in [0, 0.05) is 0 Å². The zero-order chi connectivity index (χ0) is 14.3. The molecule has 108 valence electrons. The SMILES string of the molecule is CCC(CC)COc1cccc([C@H](O)[C@H](O)CC)c1. The van der Waals surface area contributed by atoms with E-state index in [-0.39, 0.29) is 0 Å². The topological polar surface area (TPSA) is 49.7 Å². The van der Waals surface area contributed by atoms with E-state index in [0.717, 1.165) is 18.6 Å². The van der Waals surface area contributed by atoms with Crippen molar-refractivity contribution in [2.24, 2.45) is 5.92 Å². The van der Waals surface area contributed by atoms with Gasteiger partial charge in [-0.25, -0.2) is 0 Å². The van der Waals surface area contributed by atoms with Crippen LogP contribution in [0.1, 0.15) is 51.7 Å². The van der Waals surface area contributed by atoms with Crippen molar-refractivity contribution < 1.29 is 14.9 Å². The Kier molecular flexibility index (Phi) is 6.89. The van der Waals surface area contributed by atoms with Gasteiger partial charge in [-0.1, -0.05) is 45.7 Å². The second kappa shape index (κ2) is 8.18. The van der Waals surface area contributed by atoms with Crippen LogP contribution in [0.2, 0.25) is 0 Å². The monoisotopic (exact) mass is 266 g/mol. The Bertz CT molecular complexity index is 361. The fourth-order valence-electron chi connectivity index (χ4n) is 1.97. The van der Waals surface area contributed by atoms with E-state index in [9.17, 15) is 10.2 Å². The zero-order valence-electron chi connectivity index (χ0n) is 12.2. The van der Waals surface area contributed by atoms with Gasteiger partial charge in [0.1, 0.15) is 11.9 Å². The Hall–Kier alpha value is -1.06. The van der Waals surface area contributed by atoms with Gasteiger partial charge >= 0.3 is 0 Å². The summed E-state index contributed by atoms with van der Waals surface area (Å²) in [6.45, 7) is 6.87. The molecule has 0 spiro atoms. The summed E-state index contributed by atoms with van der Waals surface area (Å²) in [6, 6.07) is 7.36. The smallest absolute Gasteiger partial charge is 0.119 e. The molecule has 0 aliphatic heterocycles. The minimum atomic E-state index is -0.846. The first-order chi connectivity index (χ1) is 9.12. The van der Waals surface area contributed by atoms with Crippen LogP contribution in [-0.4, -0.2) is 22.9 Å². The fraction of sp³-hybridized carbons (Fsp3) is 0.625. The fourth-order valence-corrected chi connectivity index (χ4v) is 1.97. The molecule has 0 bridgehead atoms. The highest BCUT2D eigenvalue weighted by molar-refractivity contribution is 5.30. The highest BCUT2D eigenvalue weighted by Gasteiger charge is 2.16. The molecule has 3 nitrogen and oxygen atoms in total. The van der Waals surface area contributed by atoms with E-state index in [2.05, 4.69) is 13.8 Å². The summed E-state index contributed by atoms with van der Waals surface area (Å²) in [6.07, 6.45) is 1.16. The van der Waals surface area contributed by atoms with E-state index in [1.807, 2.05) is 31.2 Å².